The molecule has 0 saturated heterocycles. The number of ether oxygens (including phenoxy) is 1. The van der Waals surface area contributed by atoms with E-state index in [4.69, 9.17) is 10.5 Å². The number of ketones is 1. The van der Waals surface area contributed by atoms with Gasteiger partial charge in [-0.3, -0.25) is 9.78 Å². The number of hydrogen-bond donors (Lipinski definition) is 1. The fourth-order valence-corrected chi connectivity index (χ4v) is 1.12. The largest absolute Gasteiger partial charge is 0.496 e. The van der Waals surface area contributed by atoms with Gasteiger partial charge in [-0.15, -0.1) is 0 Å². The van der Waals surface area contributed by atoms with Gasteiger partial charge in [0, 0.05) is 11.8 Å². The molecule has 0 radical (unpaired) electrons. The monoisotopic (exact) mass is 180 g/mol. The van der Waals surface area contributed by atoms with Gasteiger partial charge >= 0.3 is 0 Å². The number of nitrogens with two attached hydrogens (primary N) is 1. The first-order valence-electron chi connectivity index (χ1n) is 3.93. The molecule has 0 aliphatic heterocycles. The maximum Gasteiger partial charge on any atom is 0.195 e. The van der Waals surface area contributed by atoms with Crippen molar-refractivity contribution in [3.8, 4) is 5.75 Å². The molecule has 0 aliphatic rings. The maximum atomic E-state index is 11.3. The van der Waals surface area contributed by atoms with Crippen molar-refractivity contribution in [3.63, 3.8) is 0 Å². The lowest BCUT2D eigenvalue weighted by atomic mass is 10.1. The Bertz CT molecular complexity index is 323. The van der Waals surface area contributed by atoms with Gasteiger partial charge in [-0.2, -0.15) is 0 Å². The molecule has 0 aromatic carbocycles. The summed E-state index contributed by atoms with van der Waals surface area (Å²) in [6.45, 7) is 1.76. The standard InChI is InChI=1S/C9H12N2O2/c1-6-8(13-2)3-4-11-9(6)7(12)5-10/h3-4H,5,10H2,1-2H3. The van der Waals surface area contributed by atoms with Crippen molar-refractivity contribution in [2.75, 3.05) is 13.7 Å². The molecule has 1 heterocycles. The van der Waals surface area contributed by atoms with Crippen LogP contribution in [0.2, 0.25) is 0 Å². The number of carbonyl (C=O) groups excluding carboxylic acids is 1. The molecule has 0 aliphatic carbocycles. The lowest BCUT2D eigenvalue weighted by Crippen LogP contribution is -2.16. The van der Waals surface area contributed by atoms with Crippen molar-refractivity contribution in [3.05, 3.63) is 23.5 Å². The quantitative estimate of drug-likeness (QED) is 0.689. The van der Waals surface area contributed by atoms with Crippen molar-refractivity contribution < 1.29 is 9.53 Å². The molecule has 0 bridgehead atoms. The summed E-state index contributed by atoms with van der Waals surface area (Å²) >= 11 is 0. The highest BCUT2D eigenvalue weighted by Gasteiger charge is 2.11. The maximum absolute atomic E-state index is 11.3. The van der Waals surface area contributed by atoms with Crippen LogP contribution in [0.15, 0.2) is 12.3 Å². The molecule has 1 aromatic heterocycles. The molecule has 0 unspecified atom stereocenters. The Labute approximate surface area is 76.7 Å². The topological polar surface area (TPSA) is 65.2 Å². The highest BCUT2D eigenvalue weighted by atomic mass is 16.5. The summed E-state index contributed by atoms with van der Waals surface area (Å²) in [5.41, 5.74) is 6.36. The highest BCUT2D eigenvalue weighted by Crippen LogP contribution is 2.18. The molecule has 70 valence electrons. The Hall–Kier alpha value is -1.42. The molecule has 0 spiro atoms. The second kappa shape index (κ2) is 4.00. The molecule has 4 heteroatoms. The van der Waals surface area contributed by atoms with Crippen molar-refractivity contribution in [1.29, 1.82) is 0 Å². The summed E-state index contributed by atoms with van der Waals surface area (Å²) in [5, 5.41) is 0. The summed E-state index contributed by atoms with van der Waals surface area (Å²) < 4.78 is 5.05. The fourth-order valence-electron chi connectivity index (χ4n) is 1.12. The van der Waals surface area contributed by atoms with E-state index in [1.165, 1.54) is 6.20 Å². The number of hydrogen-bond acceptors (Lipinski definition) is 4. The van der Waals surface area contributed by atoms with Crippen molar-refractivity contribution in [2.24, 2.45) is 5.73 Å². The smallest absolute Gasteiger partial charge is 0.195 e. The van der Waals surface area contributed by atoms with Crippen LogP contribution in [0.4, 0.5) is 0 Å². The van der Waals surface area contributed by atoms with E-state index in [1.807, 2.05) is 0 Å². The Morgan fingerprint density at radius 2 is 2.38 bits per heavy atom. The zero-order valence-corrected chi connectivity index (χ0v) is 7.70. The van der Waals surface area contributed by atoms with E-state index >= 15 is 0 Å². The van der Waals surface area contributed by atoms with Crippen LogP contribution in [0.5, 0.6) is 5.75 Å². The molecular weight excluding hydrogens is 168 g/mol. The number of aromatic nitrogens is 1. The summed E-state index contributed by atoms with van der Waals surface area (Å²) in [6.07, 6.45) is 1.54. The normalized spacial score (nSPS) is 9.77. The number of nitrogens with zero attached hydrogens (tertiary/aromatic N) is 1. The zero-order valence-electron chi connectivity index (χ0n) is 7.70. The molecule has 4 nitrogen and oxygen atoms in total. The third-order valence-electron chi connectivity index (χ3n) is 1.82. The second-order valence-electron chi connectivity index (χ2n) is 2.61. The number of carbonyl (C=O) groups is 1. The van der Waals surface area contributed by atoms with Crippen LogP contribution in [0.1, 0.15) is 16.1 Å². The summed E-state index contributed by atoms with van der Waals surface area (Å²) in [4.78, 5) is 15.2. The van der Waals surface area contributed by atoms with Crippen LogP contribution in [0, 0.1) is 6.92 Å². The molecule has 0 amide bonds. The van der Waals surface area contributed by atoms with E-state index in [9.17, 15) is 4.79 Å². The average Bonchev–Trinajstić information content (AvgIpc) is 2.17. The molecule has 0 fully saturated rings. The van der Waals surface area contributed by atoms with Gasteiger partial charge < -0.3 is 10.5 Å². The van der Waals surface area contributed by atoms with Crippen molar-refractivity contribution in [1.82, 2.24) is 4.98 Å². The second-order valence-corrected chi connectivity index (χ2v) is 2.61. The van der Waals surface area contributed by atoms with Crippen LogP contribution >= 0.6 is 0 Å². The van der Waals surface area contributed by atoms with Crippen LogP contribution in [0.25, 0.3) is 0 Å². The van der Waals surface area contributed by atoms with Crippen molar-refractivity contribution in [2.45, 2.75) is 6.92 Å². The van der Waals surface area contributed by atoms with Crippen LogP contribution in [0.3, 0.4) is 0 Å². The number of rotatable bonds is 3. The Kier molecular flexibility index (Phi) is 2.97. The van der Waals surface area contributed by atoms with Gasteiger partial charge in [-0.25, -0.2) is 0 Å². The van der Waals surface area contributed by atoms with E-state index in [0.717, 1.165) is 5.56 Å². The molecular formula is C9H12N2O2. The molecule has 1 rings (SSSR count). The molecule has 1 aromatic rings. The van der Waals surface area contributed by atoms with E-state index in [0.29, 0.717) is 11.4 Å². The third kappa shape index (κ3) is 1.84. The van der Waals surface area contributed by atoms with E-state index < -0.39 is 0 Å². The molecule has 13 heavy (non-hydrogen) atoms. The molecule has 0 atom stereocenters. The Morgan fingerprint density at radius 1 is 1.69 bits per heavy atom. The molecule has 0 saturated carbocycles. The third-order valence-corrected chi connectivity index (χ3v) is 1.82. The van der Waals surface area contributed by atoms with Gasteiger partial charge in [0.05, 0.1) is 13.7 Å². The minimum absolute atomic E-state index is 0.0268. The van der Waals surface area contributed by atoms with Gasteiger partial charge in [0.1, 0.15) is 11.4 Å². The number of pyridine rings is 1. The minimum Gasteiger partial charge on any atom is -0.496 e. The average molecular weight is 180 g/mol. The van der Waals surface area contributed by atoms with Crippen LogP contribution in [-0.2, 0) is 0 Å². The van der Waals surface area contributed by atoms with Gasteiger partial charge in [0.25, 0.3) is 0 Å². The summed E-state index contributed by atoms with van der Waals surface area (Å²) in [7, 11) is 1.55. The number of methoxy groups -OCH3 is 1. The highest BCUT2D eigenvalue weighted by molar-refractivity contribution is 5.97. The van der Waals surface area contributed by atoms with E-state index in [1.54, 1.807) is 20.1 Å². The van der Waals surface area contributed by atoms with E-state index in [2.05, 4.69) is 4.98 Å². The fraction of sp³-hybridized carbons (Fsp3) is 0.333. The first kappa shape index (κ1) is 9.67. The summed E-state index contributed by atoms with van der Waals surface area (Å²) in [6, 6.07) is 1.71. The molecule has 2 N–H and O–H groups in total. The lowest BCUT2D eigenvalue weighted by Gasteiger charge is -2.06. The van der Waals surface area contributed by atoms with Gasteiger partial charge in [0.15, 0.2) is 5.78 Å². The predicted molar refractivity (Wildman–Crippen MR) is 48.9 cm³/mol. The van der Waals surface area contributed by atoms with Gasteiger partial charge in [-0.05, 0) is 13.0 Å². The number of Topliss-reactive ketones (excluding diaryl/α,β-unsaturated/α-hetero) is 1. The van der Waals surface area contributed by atoms with E-state index in [-0.39, 0.29) is 12.3 Å². The van der Waals surface area contributed by atoms with Crippen LogP contribution < -0.4 is 10.5 Å². The Morgan fingerprint density at radius 3 is 2.92 bits per heavy atom. The first-order chi connectivity index (χ1) is 6.20. The lowest BCUT2D eigenvalue weighted by molar-refractivity contribution is 0.0995. The van der Waals surface area contributed by atoms with Gasteiger partial charge in [-0.1, -0.05) is 0 Å². The Balaban J connectivity index is 3.15. The van der Waals surface area contributed by atoms with Crippen molar-refractivity contribution >= 4 is 5.78 Å². The first-order valence-corrected chi connectivity index (χ1v) is 3.93. The van der Waals surface area contributed by atoms with Crippen LogP contribution in [-0.4, -0.2) is 24.4 Å². The predicted octanol–water partition coefficient (Wildman–Crippen LogP) is 0.540. The SMILES string of the molecule is COc1ccnc(C(=O)CN)c1C. The minimum atomic E-state index is -0.170. The van der Waals surface area contributed by atoms with Gasteiger partial charge in [0.2, 0.25) is 0 Å². The summed E-state index contributed by atoms with van der Waals surface area (Å²) in [5.74, 6) is 0.489. The zero-order chi connectivity index (χ0) is 9.84.